The Balaban J connectivity index is 1.59. The lowest BCUT2D eigenvalue weighted by Crippen LogP contribution is -2.21. The van der Waals surface area contributed by atoms with E-state index in [4.69, 9.17) is 28.9 Å². The third kappa shape index (κ3) is 4.16. The third-order valence-corrected chi connectivity index (χ3v) is 6.80. The van der Waals surface area contributed by atoms with E-state index >= 15 is 0 Å². The minimum atomic E-state index is -0.284. The lowest BCUT2D eigenvalue weighted by atomic mass is 10.1. The van der Waals surface area contributed by atoms with E-state index in [9.17, 15) is 9.90 Å². The maximum atomic E-state index is 13.2. The monoisotopic (exact) mass is 495 g/mol. The molecule has 0 aliphatic carbocycles. The Morgan fingerprint density at radius 3 is 2.56 bits per heavy atom. The number of halogens is 2. The number of pyridine rings is 1. The molecule has 1 fully saturated rings. The van der Waals surface area contributed by atoms with Gasteiger partial charge in [0.2, 0.25) is 0 Å². The number of rotatable bonds is 4. The molecule has 174 valence electrons. The standard InChI is InChI=1S/C25H23Cl2N5O2/c1-31-24-18(11-17(25(31)34)21-19(26)6-3-7-20(21)27)22(28)29-23(30-24)15-5-2-4-14(10-15)12-32-9-8-16(33)13-32/h2-7,10-11,16,33H,8-9,12-13H2,1H3,(H2,28,29,30)/t16-/m1/s1. The molecule has 0 saturated carbocycles. The quantitative estimate of drug-likeness (QED) is 0.441. The zero-order valence-corrected chi connectivity index (χ0v) is 20.0. The molecule has 7 nitrogen and oxygen atoms in total. The Morgan fingerprint density at radius 2 is 1.85 bits per heavy atom. The van der Waals surface area contributed by atoms with Gasteiger partial charge >= 0.3 is 0 Å². The van der Waals surface area contributed by atoms with Crippen molar-refractivity contribution in [2.45, 2.75) is 19.1 Å². The second-order valence-electron chi connectivity index (χ2n) is 8.57. The van der Waals surface area contributed by atoms with Crippen LogP contribution < -0.4 is 11.3 Å². The van der Waals surface area contributed by atoms with Gasteiger partial charge in [0.15, 0.2) is 5.82 Å². The van der Waals surface area contributed by atoms with Gasteiger partial charge < -0.3 is 10.8 Å². The Hall–Kier alpha value is -2.97. The van der Waals surface area contributed by atoms with Gasteiger partial charge in [0.05, 0.1) is 27.1 Å². The lowest BCUT2D eigenvalue weighted by molar-refractivity contribution is 0.175. The average Bonchev–Trinajstić information content (AvgIpc) is 3.21. The summed E-state index contributed by atoms with van der Waals surface area (Å²) in [5, 5.41) is 11.1. The number of hydrogen-bond donors (Lipinski definition) is 2. The van der Waals surface area contributed by atoms with Crippen LogP contribution in [-0.4, -0.2) is 43.7 Å². The van der Waals surface area contributed by atoms with E-state index in [1.54, 1.807) is 31.3 Å². The molecule has 2 aromatic carbocycles. The maximum absolute atomic E-state index is 13.2. The van der Waals surface area contributed by atoms with Gasteiger partial charge in [0, 0.05) is 37.8 Å². The van der Waals surface area contributed by atoms with Crippen LogP contribution in [0.2, 0.25) is 10.0 Å². The highest BCUT2D eigenvalue weighted by Gasteiger charge is 2.21. The molecule has 0 bridgehead atoms. The predicted molar refractivity (Wildman–Crippen MR) is 136 cm³/mol. The molecule has 34 heavy (non-hydrogen) atoms. The number of hydrogen-bond acceptors (Lipinski definition) is 6. The molecule has 0 unspecified atom stereocenters. The molecule has 2 aromatic heterocycles. The normalized spacial score (nSPS) is 16.4. The first-order chi connectivity index (χ1) is 16.3. The van der Waals surface area contributed by atoms with Crippen LogP contribution in [0.3, 0.4) is 0 Å². The molecule has 1 aliphatic heterocycles. The number of aromatic nitrogens is 3. The molecule has 5 rings (SSSR count). The highest BCUT2D eigenvalue weighted by molar-refractivity contribution is 6.39. The first-order valence-electron chi connectivity index (χ1n) is 10.9. The van der Waals surface area contributed by atoms with Crippen LogP contribution in [0.4, 0.5) is 5.82 Å². The Labute approximate surface area is 206 Å². The van der Waals surface area contributed by atoms with Gasteiger partial charge in [-0.1, -0.05) is 47.5 Å². The van der Waals surface area contributed by atoms with Gasteiger partial charge in [-0.2, -0.15) is 0 Å². The second kappa shape index (κ2) is 9.00. The molecule has 0 amide bonds. The van der Waals surface area contributed by atoms with E-state index in [-0.39, 0.29) is 17.5 Å². The molecule has 1 atom stereocenters. The van der Waals surface area contributed by atoms with Crippen molar-refractivity contribution in [2.24, 2.45) is 7.05 Å². The highest BCUT2D eigenvalue weighted by Crippen LogP contribution is 2.34. The van der Waals surface area contributed by atoms with E-state index in [1.165, 1.54) is 4.57 Å². The fraction of sp³-hybridized carbons (Fsp3) is 0.240. The summed E-state index contributed by atoms with van der Waals surface area (Å²) in [5.41, 5.74) is 9.18. The highest BCUT2D eigenvalue weighted by atomic mass is 35.5. The first kappa shape index (κ1) is 22.8. The van der Waals surface area contributed by atoms with Gasteiger partial charge in [-0.25, -0.2) is 9.97 Å². The SMILES string of the molecule is Cn1c(=O)c(-c2c(Cl)cccc2Cl)cc2c(N)nc(-c3cccc(CN4CC[C@@H](O)C4)c3)nc21. The van der Waals surface area contributed by atoms with Gasteiger partial charge in [-0.3, -0.25) is 14.3 Å². The van der Waals surface area contributed by atoms with Crippen LogP contribution in [0.15, 0.2) is 53.3 Å². The fourth-order valence-corrected chi connectivity index (χ4v) is 5.04. The number of nitrogens with zero attached hydrogens (tertiary/aromatic N) is 4. The molecule has 3 heterocycles. The summed E-state index contributed by atoms with van der Waals surface area (Å²) >= 11 is 12.7. The predicted octanol–water partition coefficient (Wildman–Crippen LogP) is 4.12. The molecule has 1 aliphatic rings. The molecule has 9 heteroatoms. The summed E-state index contributed by atoms with van der Waals surface area (Å²) < 4.78 is 1.45. The number of anilines is 1. The summed E-state index contributed by atoms with van der Waals surface area (Å²) in [6.45, 7) is 2.27. The molecular formula is C25H23Cl2N5O2. The second-order valence-corrected chi connectivity index (χ2v) is 9.38. The summed E-state index contributed by atoms with van der Waals surface area (Å²) in [6.07, 6.45) is 0.526. The van der Waals surface area contributed by atoms with Crippen LogP contribution in [0, 0.1) is 0 Å². The van der Waals surface area contributed by atoms with E-state index < -0.39 is 0 Å². The lowest BCUT2D eigenvalue weighted by Gasteiger charge is -2.16. The number of benzene rings is 2. The van der Waals surface area contributed by atoms with Crippen molar-refractivity contribution in [3.8, 4) is 22.5 Å². The van der Waals surface area contributed by atoms with Crippen LogP contribution in [0.1, 0.15) is 12.0 Å². The zero-order valence-electron chi connectivity index (χ0n) is 18.5. The molecule has 1 saturated heterocycles. The number of aryl methyl sites for hydroxylation is 1. The topological polar surface area (TPSA) is 97.3 Å². The number of nitrogens with two attached hydrogens (primary N) is 1. The van der Waals surface area contributed by atoms with Crippen LogP contribution in [0.25, 0.3) is 33.5 Å². The first-order valence-corrected chi connectivity index (χ1v) is 11.7. The van der Waals surface area contributed by atoms with Gasteiger partial charge in [0.1, 0.15) is 11.5 Å². The van der Waals surface area contributed by atoms with Crippen molar-refractivity contribution in [3.05, 3.63) is 74.5 Å². The van der Waals surface area contributed by atoms with Crippen molar-refractivity contribution < 1.29 is 5.11 Å². The van der Waals surface area contributed by atoms with Crippen molar-refractivity contribution in [3.63, 3.8) is 0 Å². The summed E-state index contributed by atoms with van der Waals surface area (Å²) in [6, 6.07) is 14.7. The Bertz CT molecular complexity index is 1450. The largest absolute Gasteiger partial charge is 0.392 e. The molecule has 0 spiro atoms. The number of aliphatic hydroxyl groups is 1. The summed E-state index contributed by atoms with van der Waals surface area (Å²) in [4.78, 5) is 24.7. The maximum Gasteiger partial charge on any atom is 0.259 e. The van der Waals surface area contributed by atoms with Gasteiger partial charge in [0.25, 0.3) is 5.56 Å². The minimum Gasteiger partial charge on any atom is -0.392 e. The number of fused-ring (bicyclic) bond motifs is 1. The van der Waals surface area contributed by atoms with E-state index in [2.05, 4.69) is 14.9 Å². The van der Waals surface area contributed by atoms with Crippen molar-refractivity contribution in [1.29, 1.82) is 0 Å². The third-order valence-electron chi connectivity index (χ3n) is 6.17. The number of likely N-dealkylation sites (tertiary alicyclic amines) is 1. The zero-order chi connectivity index (χ0) is 24.0. The van der Waals surface area contributed by atoms with Gasteiger partial charge in [-0.05, 0) is 36.2 Å². The number of nitrogen functional groups attached to an aromatic ring is 1. The van der Waals surface area contributed by atoms with Crippen LogP contribution >= 0.6 is 23.2 Å². The van der Waals surface area contributed by atoms with Crippen molar-refractivity contribution >= 4 is 40.1 Å². The fourth-order valence-electron chi connectivity index (χ4n) is 4.44. The van der Waals surface area contributed by atoms with E-state index in [0.717, 1.165) is 30.6 Å². The molecule has 4 aromatic rings. The number of β-amino-alcohol motifs (C(OH)–C–C–N with tert-alkyl or cyclic N) is 1. The van der Waals surface area contributed by atoms with Gasteiger partial charge in [-0.15, -0.1) is 0 Å². The average molecular weight is 496 g/mol. The molecule has 0 radical (unpaired) electrons. The summed E-state index contributed by atoms with van der Waals surface area (Å²) in [7, 11) is 1.64. The van der Waals surface area contributed by atoms with E-state index in [0.29, 0.717) is 44.6 Å². The van der Waals surface area contributed by atoms with Crippen molar-refractivity contribution in [1.82, 2.24) is 19.4 Å². The molecule has 3 N–H and O–H groups in total. The van der Waals surface area contributed by atoms with Crippen molar-refractivity contribution in [2.75, 3.05) is 18.8 Å². The minimum absolute atomic E-state index is 0.257. The molecular weight excluding hydrogens is 473 g/mol. The smallest absolute Gasteiger partial charge is 0.259 e. The summed E-state index contributed by atoms with van der Waals surface area (Å²) in [5.74, 6) is 0.694. The van der Waals surface area contributed by atoms with E-state index in [1.807, 2.05) is 24.3 Å². The number of aliphatic hydroxyl groups excluding tert-OH is 1. The Kier molecular flexibility index (Phi) is 6.04. The van der Waals surface area contributed by atoms with Crippen LogP contribution in [0.5, 0.6) is 0 Å². The Morgan fingerprint density at radius 1 is 1.12 bits per heavy atom. The van der Waals surface area contributed by atoms with Crippen LogP contribution in [-0.2, 0) is 13.6 Å².